The third kappa shape index (κ3) is 5.67. The van der Waals surface area contributed by atoms with Gasteiger partial charge in [-0.1, -0.05) is 12.1 Å². The number of ether oxygens (including phenoxy) is 1. The zero-order chi connectivity index (χ0) is 21.6. The summed E-state index contributed by atoms with van der Waals surface area (Å²) < 4.78 is 5.51. The van der Waals surface area contributed by atoms with E-state index in [0.29, 0.717) is 13.0 Å². The number of amides is 1. The summed E-state index contributed by atoms with van der Waals surface area (Å²) in [7, 11) is 3.52. The number of halogens is 1. The van der Waals surface area contributed by atoms with E-state index in [4.69, 9.17) is 4.74 Å². The van der Waals surface area contributed by atoms with Crippen molar-refractivity contribution in [3.8, 4) is 5.75 Å². The second kappa shape index (κ2) is 11.7. The quantitative estimate of drug-likeness (QED) is 0.341. The maximum Gasteiger partial charge on any atom is 0.224 e. The molecule has 7 nitrogen and oxygen atoms in total. The standard InChI is InChI=1S/C23H31N5O2S.HI/c1-24-23(25-10-7-22(29)28-11-8-21-18(17-28)9-16-31-21)27-14-12-26(13-15-27)19-5-3-4-6-20(19)30-2;/h3-6,9,16H,7-8,10-15,17H2,1-2H3,(H,24,25);1H. The topological polar surface area (TPSA) is 60.4 Å². The Morgan fingerprint density at radius 3 is 2.66 bits per heavy atom. The van der Waals surface area contributed by atoms with E-state index in [-0.39, 0.29) is 29.9 Å². The van der Waals surface area contributed by atoms with E-state index in [2.05, 4.69) is 37.6 Å². The SMILES string of the molecule is CN=C(NCCC(=O)N1CCc2sccc2C1)N1CCN(c2ccccc2OC)CC1.I. The molecular weight excluding hydrogens is 537 g/mol. The van der Waals surface area contributed by atoms with Gasteiger partial charge in [-0.3, -0.25) is 9.79 Å². The number of nitrogens with one attached hydrogen (secondary N) is 1. The van der Waals surface area contributed by atoms with Crippen LogP contribution in [0.25, 0.3) is 0 Å². The third-order valence-electron chi connectivity index (χ3n) is 6.00. The molecule has 0 unspecified atom stereocenters. The van der Waals surface area contributed by atoms with Gasteiger partial charge in [0.15, 0.2) is 5.96 Å². The van der Waals surface area contributed by atoms with Crippen LogP contribution in [0.1, 0.15) is 16.9 Å². The number of methoxy groups -OCH3 is 1. The van der Waals surface area contributed by atoms with Gasteiger partial charge in [0.25, 0.3) is 0 Å². The van der Waals surface area contributed by atoms with Crippen molar-refractivity contribution >= 4 is 52.9 Å². The van der Waals surface area contributed by atoms with Gasteiger partial charge >= 0.3 is 0 Å². The number of para-hydroxylation sites is 2. The molecule has 0 spiro atoms. The first kappa shape index (κ1) is 24.6. The summed E-state index contributed by atoms with van der Waals surface area (Å²) in [6.07, 6.45) is 1.46. The summed E-state index contributed by atoms with van der Waals surface area (Å²) in [5, 5.41) is 5.51. The Balaban J connectivity index is 0.00000289. The molecule has 1 saturated heterocycles. The van der Waals surface area contributed by atoms with Crippen molar-refractivity contribution in [3.05, 3.63) is 46.2 Å². The van der Waals surface area contributed by atoms with E-state index in [9.17, 15) is 4.79 Å². The Hall–Kier alpha value is -2.01. The molecule has 0 saturated carbocycles. The second-order valence-corrected chi connectivity index (χ2v) is 8.80. The van der Waals surface area contributed by atoms with Gasteiger partial charge in [0.1, 0.15) is 5.75 Å². The van der Waals surface area contributed by atoms with Crippen LogP contribution in [0.15, 0.2) is 40.7 Å². The predicted molar refractivity (Wildman–Crippen MR) is 142 cm³/mol. The zero-order valence-corrected chi connectivity index (χ0v) is 21.9. The number of rotatable bonds is 5. The zero-order valence-electron chi connectivity index (χ0n) is 18.7. The summed E-state index contributed by atoms with van der Waals surface area (Å²) in [6.45, 7) is 5.72. The van der Waals surface area contributed by atoms with Crippen LogP contribution in [0, 0.1) is 0 Å². The van der Waals surface area contributed by atoms with Crippen LogP contribution in [0.4, 0.5) is 5.69 Å². The molecule has 174 valence electrons. The summed E-state index contributed by atoms with van der Waals surface area (Å²) in [5.41, 5.74) is 2.44. The molecule has 0 atom stereocenters. The van der Waals surface area contributed by atoms with Gasteiger partial charge in [-0.2, -0.15) is 0 Å². The second-order valence-electron chi connectivity index (χ2n) is 7.80. The maximum atomic E-state index is 12.7. The number of thiophene rings is 1. The summed E-state index contributed by atoms with van der Waals surface area (Å²) in [4.78, 5) is 25.1. The number of benzene rings is 1. The van der Waals surface area contributed by atoms with E-state index in [1.807, 2.05) is 23.1 Å². The van der Waals surface area contributed by atoms with Gasteiger partial charge < -0.3 is 24.8 Å². The first-order valence-corrected chi connectivity index (χ1v) is 11.7. The number of anilines is 1. The van der Waals surface area contributed by atoms with Gasteiger partial charge in [-0.05, 0) is 35.6 Å². The number of hydrogen-bond donors (Lipinski definition) is 1. The molecule has 2 aliphatic rings. The summed E-state index contributed by atoms with van der Waals surface area (Å²) in [6, 6.07) is 10.3. The Morgan fingerprint density at radius 1 is 1.12 bits per heavy atom. The highest BCUT2D eigenvalue weighted by Gasteiger charge is 2.23. The Kier molecular flexibility index (Phi) is 9.03. The average molecular weight is 570 g/mol. The lowest BCUT2D eigenvalue weighted by molar-refractivity contribution is -0.131. The number of hydrogen-bond acceptors (Lipinski definition) is 5. The van der Waals surface area contributed by atoms with Crippen LogP contribution in [0.2, 0.25) is 0 Å². The smallest absolute Gasteiger partial charge is 0.224 e. The lowest BCUT2D eigenvalue weighted by Crippen LogP contribution is -2.53. The van der Waals surface area contributed by atoms with Crippen LogP contribution < -0.4 is 15.0 Å². The monoisotopic (exact) mass is 569 g/mol. The van der Waals surface area contributed by atoms with Gasteiger partial charge in [-0.15, -0.1) is 35.3 Å². The van der Waals surface area contributed by atoms with E-state index in [1.165, 1.54) is 10.4 Å². The van der Waals surface area contributed by atoms with Crippen molar-refractivity contribution in [3.63, 3.8) is 0 Å². The molecule has 0 bridgehead atoms. The van der Waals surface area contributed by atoms with Crippen molar-refractivity contribution in [2.75, 3.05) is 58.3 Å². The molecule has 4 rings (SSSR count). The van der Waals surface area contributed by atoms with Gasteiger partial charge in [0.05, 0.1) is 12.8 Å². The van der Waals surface area contributed by atoms with Crippen molar-refractivity contribution in [1.82, 2.24) is 15.1 Å². The minimum atomic E-state index is 0. The number of guanidine groups is 1. The number of carbonyl (C=O) groups excluding carboxylic acids is 1. The Labute approximate surface area is 211 Å². The minimum absolute atomic E-state index is 0. The number of carbonyl (C=O) groups is 1. The molecule has 3 heterocycles. The molecule has 1 aromatic carbocycles. The molecule has 9 heteroatoms. The van der Waals surface area contributed by atoms with Crippen molar-refractivity contribution in [2.24, 2.45) is 4.99 Å². The highest BCUT2D eigenvalue weighted by Crippen LogP contribution is 2.28. The average Bonchev–Trinajstić information content (AvgIpc) is 3.30. The van der Waals surface area contributed by atoms with Crippen LogP contribution in [-0.2, 0) is 17.8 Å². The molecule has 2 aromatic rings. The van der Waals surface area contributed by atoms with E-state index < -0.39 is 0 Å². The van der Waals surface area contributed by atoms with E-state index in [0.717, 1.165) is 63.1 Å². The van der Waals surface area contributed by atoms with E-state index in [1.54, 1.807) is 25.5 Å². The number of fused-ring (bicyclic) bond motifs is 1. The van der Waals surface area contributed by atoms with Crippen LogP contribution in [-0.4, -0.2) is 75.1 Å². The van der Waals surface area contributed by atoms with Crippen LogP contribution >= 0.6 is 35.3 Å². The van der Waals surface area contributed by atoms with Crippen LogP contribution in [0.5, 0.6) is 5.75 Å². The maximum absolute atomic E-state index is 12.7. The number of piperazine rings is 1. The molecular formula is C23H32IN5O2S. The molecule has 2 aliphatic heterocycles. The minimum Gasteiger partial charge on any atom is -0.495 e. The number of nitrogens with zero attached hydrogens (tertiary/aromatic N) is 4. The fraction of sp³-hybridized carbons (Fsp3) is 0.478. The largest absolute Gasteiger partial charge is 0.495 e. The summed E-state index contributed by atoms with van der Waals surface area (Å²) in [5.74, 6) is 1.98. The molecule has 0 aliphatic carbocycles. The van der Waals surface area contributed by atoms with Gasteiger partial charge in [0.2, 0.25) is 5.91 Å². The normalized spacial score (nSPS) is 16.3. The molecule has 32 heavy (non-hydrogen) atoms. The predicted octanol–water partition coefficient (Wildman–Crippen LogP) is 3.05. The molecule has 1 fully saturated rings. The number of aliphatic imine (C=N–C) groups is 1. The van der Waals surface area contributed by atoms with Gasteiger partial charge in [-0.25, -0.2) is 0 Å². The lowest BCUT2D eigenvalue weighted by atomic mass is 10.1. The van der Waals surface area contributed by atoms with E-state index >= 15 is 0 Å². The lowest BCUT2D eigenvalue weighted by Gasteiger charge is -2.38. The fourth-order valence-corrected chi connectivity index (χ4v) is 5.17. The highest BCUT2D eigenvalue weighted by molar-refractivity contribution is 14.0. The van der Waals surface area contributed by atoms with Crippen molar-refractivity contribution < 1.29 is 9.53 Å². The molecule has 0 radical (unpaired) electrons. The van der Waals surface area contributed by atoms with Crippen molar-refractivity contribution in [2.45, 2.75) is 19.4 Å². The first-order valence-electron chi connectivity index (χ1n) is 10.9. The first-order chi connectivity index (χ1) is 15.2. The fourth-order valence-electron chi connectivity index (χ4n) is 4.28. The Bertz CT molecular complexity index is 927. The Morgan fingerprint density at radius 2 is 1.91 bits per heavy atom. The highest BCUT2D eigenvalue weighted by atomic mass is 127. The van der Waals surface area contributed by atoms with Crippen molar-refractivity contribution in [1.29, 1.82) is 0 Å². The molecule has 1 aromatic heterocycles. The molecule has 1 N–H and O–H groups in total. The summed E-state index contributed by atoms with van der Waals surface area (Å²) >= 11 is 1.80. The third-order valence-corrected chi connectivity index (χ3v) is 7.02. The van der Waals surface area contributed by atoms with Crippen LogP contribution in [0.3, 0.4) is 0 Å². The molecule has 1 amide bonds. The van der Waals surface area contributed by atoms with Gasteiger partial charge in [0, 0.05) is 64.2 Å².